The highest BCUT2D eigenvalue weighted by Crippen LogP contribution is 2.55. The number of nitriles is 3. The topological polar surface area (TPSA) is 117 Å². The highest BCUT2D eigenvalue weighted by molar-refractivity contribution is 6.31. The molecule has 1 fully saturated rings. The summed E-state index contributed by atoms with van der Waals surface area (Å²) in [6.07, 6.45) is 1.96. The van der Waals surface area contributed by atoms with E-state index in [1.54, 1.807) is 12.1 Å². The van der Waals surface area contributed by atoms with E-state index in [-0.39, 0.29) is 18.4 Å². The summed E-state index contributed by atoms with van der Waals surface area (Å²) in [5, 5.41) is 39.0. The number of nitrogens with zero attached hydrogens (tertiary/aromatic N) is 4. The minimum Gasteiger partial charge on any atom is -0.454 e. The van der Waals surface area contributed by atoms with E-state index in [4.69, 9.17) is 26.5 Å². The quantitative estimate of drug-likeness (QED) is 0.752. The van der Waals surface area contributed by atoms with Crippen molar-refractivity contribution in [3.63, 3.8) is 0 Å². The van der Waals surface area contributed by atoms with Crippen LogP contribution in [0.25, 0.3) is 0 Å². The lowest BCUT2D eigenvalue weighted by Gasteiger charge is -2.47. The number of halogens is 1. The van der Waals surface area contributed by atoms with Crippen LogP contribution in [-0.2, 0) is 0 Å². The molecule has 0 bridgehead atoms. The van der Waals surface area contributed by atoms with E-state index in [0.717, 1.165) is 12.1 Å². The molecule has 1 unspecified atom stereocenters. The van der Waals surface area contributed by atoms with Crippen LogP contribution in [0.15, 0.2) is 23.8 Å². The molecule has 3 aliphatic rings. The molecule has 8 heteroatoms. The zero-order valence-electron chi connectivity index (χ0n) is 15.8. The van der Waals surface area contributed by atoms with Gasteiger partial charge in [-0.05, 0) is 23.7 Å². The molecule has 7 nitrogen and oxygen atoms in total. The van der Waals surface area contributed by atoms with Crippen LogP contribution in [0.1, 0.15) is 18.4 Å². The molecule has 1 aromatic carbocycles. The van der Waals surface area contributed by atoms with E-state index < -0.39 is 17.3 Å². The molecule has 0 spiro atoms. The second kappa shape index (κ2) is 7.08. The molecule has 146 valence electrons. The van der Waals surface area contributed by atoms with Crippen molar-refractivity contribution in [2.45, 2.75) is 12.8 Å². The maximum absolute atomic E-state index is 10.1. The Bertz CT molecular complexity index is 1030. The predicted octanol–water partition coefficient (Wildman–Crippen LogP) is 3.24. The predicted molar refractivity (Wildman–Crippen MR) is 104 cm³/mol. The van der Waals surface area contributed by atoms with E-state index >= 15 is 0 Å². The van der Waals surface area contributed by atoms with Gasteiger partial charge in [-0.3, -0.25) is 4.90 Å². The Kier molecular flexibility index (Phi) is 4.71. The first-order valence-corrected chi connectivity index (χ1v) is 9.70. The maximum Gasteiger partial charge on any atom is 0.231 e. The SMILES string of the molecule is CCN1CC=C2C(C#N)C(=N)C(C#N)(C#N)[C@H](c3cc4c(cc3Cl)OCO4)[C@H]2C1. The average molecular weight is 408 g/mol. The van der Waals surface area contributed by atoms with Gasteiger partial charge in [0.2, 0.25) is 6.79 Å². The molecule has 0 aromatic heterocycles. The molecule has 4 rings (SSSR count). The average Bonchev–Trinajstić information content (AvgIpc) is 3.19. The van der Waals surface area contributed by atoms with Gasteiger partial charge in [0.1, 0.15) is 5.92 Å². The fourth-order valence-corrected chi connectivity index (χ4v) is 4.91. The van der Waals surface area contributed by atoms with Crippen LogP contribution in [0.3, 0.4) is 0 Å². The standard InChI is InChI=1S/C21H18ClN5O2/c1-2-27-4-3-12-14(7-23)20(26)21(9-24,10-25)19(15(12)8-27)13-5-17-18(6-16(13)22)29-11-28-17/h3,5-6,14-15,19,26H,2,4,8,11H2,1H3/t14?,15-,19+/m0/s1. The van der Waals surface area contributed by atoms with Gasteiger partial charge in [-0.2, -0.15) is 15.8 Å². The van der Waals surface area contributed by atoms with Gasteiger partial charge in [-0.15, -0.1) is 0 Å². The molecular formula is C21H18ClN5O2. The molecule has 3 atom stereocenters. The van der Waals surface area contributed by atoms with Crippen molar-refractivity contribution in [2.75, 3.05) is 26.4 Å². The number of hydrogen-bond acceptors (Lipinski definition) is 7. The van der Waals surface area contributed by atoms with Crippen LogP contribution >= 0.6 is 11.6 Å². The van der Waals surface area contributed by atoms with Crippen molar-refractivity contribution in [3.05, 3.63) is 34.4 Å². The van der Waals surface area contributed by atoms with Gasteiger partial charge in [0, 0.05) is 36.0 Å². The highest BCUT2D eigenvalue weighted by Gasteiger charge is 2.58. The van der Waals surface area contributed by atoms with Gasteiger partial charge < -0.3 is 14.9 Å². The first kappa shape index (κ1) is 19.3. The second-order valence-corrected chi connectivity index (χ2v) is 7.78. The third-order valence-corrected chi connectivity index (χ3v) is 6.47. The summed E-state index contributed by atoms with van der Waals surface area (Å²) in [6, 6.07) is 9.64. The first-order valence-electron chi connectivity index (χ1n) is 9.33. The van der Waals surface area contributed by atoms with E-state index in [9.17, 15) is 15.8 Å². The summed E-state index contributed by atoms with van der Waals surface area (Å²) >= 11 is 6.58. The molecule has 29 heavy (non-hydrogen) atoms. The van der Waals surface area contributed by atoms with Crippen molar-refractivity contribution in [1.82, 2.24) is 4.90 Å². The molecule has 2 aliphatic heterocycles. The van der Waals surface area contributed by atoms with Crippen LogP contribution in [-0.4, -0.2) is 37.0 Å². The number of hydrogen-bond donors (Lipinski definition) is 1. The fourth-order valence-electron chi connectivity index (χ4n) is 4.64. The Morgan fingerprint density at radius 3 is 2.55 bits per heavy atom. The zero-order valence-corrected chi connectivity index (χ0v) is 16.5. The highest BCUT2D eigenvalue weighted by atomic mass is 35.5. The molecule has 1 aromatic rings. The van der Waals surface area contributed by atoms with Gasteiger partial charge in [0.25, 0.3) is 0 Å². The van der Waals surface area contributed by atoms with E-state index in [0.29, 0.717) is 35.2 Å². The molecule has 2 heterocycles. The van der Waals surface area contributed by atoms with Crippen molar-refractivity contribution in [3.8, 4) is 29.7 Å². The molecule has 1 saturated carbocycles. The minimum atomic E-state index is -1.80. The van der Waals surface area contributed by atoms with Crippen LogP contribution in [0.2, 0.25) is 5.02 Å². The Morgan fingerprint density at radius 1 is 1.24 bits per heavy atom. The number of ether oxygens (including phenoxy) is 2. The molecular weight excluding hydrogens is 390 g/mol. The first-order chi connectivity index (χ1) is 14.0. The van der Waals surface area contributed by atoms with Crippen molar-refractivity contribution in [2.24, 2.45) is 17.3 Å². The molecule has 0 amide bonds. The van der Waals surface area contributed by atoms with Gasteiger partial charge in [-0.25, -0.2) is 0 Å². The minimum absolute atomic E-state index is 0.0753. The second-order valence-electron chi connectivity index (χ2n) is 7.37. The lowest BCUT2D eigenvalue weighted by Crippen LogP contribution is -2.52. The summed E-state index contributed by atoms with van der Waals surface area (Å²) < 4.78 is 10.9. The fraction of sp³-hybridized carbons (Fsp3) is 0.429. The molecule has 0 saturated heterocycles. The van der Waals surface area contributed by atoms with Crippen LogP contribution in [0, 0.1) is 56.7 Å². The smallest absolute Gasteiger partial charge is 0.231 e. The number of fused-ring (bicyclic) bond motifs is 2. The summed E-state index contributed by atoms with van der Waals surface area (Å²) in [6.45, 7) is 4.15. The number of nitrogens with one attached hydrogen (secondary N) is 1. The maximum atomic E-state index is 10.1. The number of likely N-dealkylation sites (N-methyl/N-ethyl adjacent to an activating group) is 1. The van der Waals surface area contributed by atoms with E-state index in [2.05, 4.69) is 23.1 Å². The summed E-state index contributed by atoms with van der Waals surface area (Å²) in [5.74, 6) is -0.871. The molecule has 1 N–H and O–H groups in total. The zero-order chi connectivity index (χ0) is 20.8. The summed E-state index contributed by atoms with van der Waals surface area (Å²) in [5.41, 5.74) is -0.622. The lowest BCUT2D eigenvalue weighted by atomic mass is 9.54. The van der Waals surface area contributed by atoms with Gasteiger partial charge in [0.15, 0.2) is 16.9 Å². The molecule has 1 aliphatic carbocycles. The summed E-state index contributed by atoms with van der Waals surface area (Å²) in [4.78, 5) is 2.19. The van der Waals surface area contributed by atoms with E-state index in [1.807, 2.05) is 13.0 Å². The monoisotopic (exact) mass is 407 g/mol. The van der Waals surface area contributed by atoms with Gasteiger partial charge in [0.05, 0.1) is 23.9 Å². The van der Waals surface area contributed by atoms with E-state index in [1.165, 1.54) is 0 Å². The lowest BCUT2D eigenvalue weighted by molar-refractivity contribution is 0.173. The van der Waals surface area contributed by atoms with Gasteiger partial charge in [-0.1, -0.05) is 24.6 Å². The normalized spacial score (nSPS) is 27.2. The van der Waals surface area contributed by atoms with Crippen molar-refractivity contribution in [1.29, 1.82) is 21.2 Å². The number of rotatable bonds is 2. The van der Waals surface area contributed by atoms with Crippen LogP contribution < -0.4 is 9.47 Å². The third-order valence-electron chi connectivity index (χ3n) is 6.14. The van der Waals surface area contributed by atoms with Crippen molar-refractivity contribution < 1.29 is 9.47 Å². The summed E-state index contributed by atoms with van der Waals surface area (Å²) in [7, 11) is 0. The largest absolute Gasteiger partial charge is 0.454 e. The Morgan fingerprint density at radius 2 is 1.93 bits per heavy atom. The van der Waals surface area contributed by atoms with Crippen LogP contribution in [0.5, 0.6) is 11.5 Å². The number of benzene rings is 1. The van der Waals surface area contributed by atoms with Gasteiger partial charge >= 0.3 is 0 Å². The Hall–Kier alpha value is -3.05. The third kappa shape index (κ3) is 2.69. The van der Waals surface area contributed by atoms with Crippen LogP contribution in [0.4, 0.5) is 0 Å². The molecule has 0 radical (unpaired) electrons. The Balaban J connectivity index is 1.96. The Labute approximate surface area is 173 Å². The van der Waals surface area contributed by atoms with Crippen molar-refractivity contribution >= 4 is 17.3 Å².